The molecule has 0 amide bonds. The molecule has 1 aromatic carbocycles. The number of hydrogen-bond acceptors (Lipinski definition) is 4. The van der Waals surface area contributed by atoms with Gasteiger partial charge in [-0.05, 0) is 93.4 Å². The predicted octanol–water partition coefficient (Wildman–Crippen LogP) is 5.07. The van der Waals surface area contributed by atoms with E-state index in [0.717, 1.165) is 35.7 Å². The maximum atomic E-state index is 9.88. The zero-order chi connectivity index (χ0) is 21.0. The minimum absolute atomic E-state index is 0.173. The molecule has 1 N–H and O–H groups in total. The SMILES string of the molecule is Cc1nn(C)c(C)c1/C=N\N=C1\CC[C@@H]2[C@H]3CCc4cc(O)ccc4[C@@H]3CC[C@]12C. The molecule has 0 radical (unpaired) electrons. The molecule has 5 heteroatoms. The molecule has 158 valence electrons. The number of phenols is 1. The third-order valence-electron chi connectivity index (χ3n) is 8.38. The Kier molecular flexibility index (Phi) is 4.60. The molecule has 0 aliphatic heterocycles. The number of benzene rings is 1. The van der Waals surface area contributed by atoms with Gasteiger partial charge in [0.15, 0.2) is 0 Å². The van der Waals surface area contributed by atoms with Gasteiger partial charge in [0.1, 0.15) is 5.75 Å². The highest BCUT2D eigenvalue weighted by Crippen LogP contribution is 2.60. The van der Waals surface area contributed by atoms with Crippen molar-refractivity contribution in [1.82, 2.24) is 9.78 Å². The second-order valence-electron chi connectivity index (χ2n) is 9.79. The van der Waals surface area contributed by atoms with Crippen molar-refractivity contribution in [2.45, 2.75) is 65.2 Å². The lowest BCUT2D eigenvalue weighted by atomic mass is 9.55. The van der Waals surface area contributed by atoms with Gasteiger partial charge in [-0.25, -0.2) is 0 Å². The largest absolute Gasteiger partial charge is 0.508 e. The lowest BCUT2D eigenvalue weighted by molar-refractivity contribution is 0.0955. The van der Waals surface area contributed by atoms with E-state index in [1.54, 1.807) is 0 Å². The lowest BCUT2D eigenvalue weighted by Gasteiger charge is -2.49. The fourth-order valence-electron chi connectivity index (χ4n) is 6.65. The van der Waals surface area contributed by atoms with Gasteiger partial charge in [-0.3, -0.25) is 4.68 Å². The van der Waals surface area contributed by atoms with Crippen LogP contribution in [0.1, 0.15) is 73.0 Å². The zero-order valence-electron chi connectivity index (χ0n) is 18.5. The number of nitrogens with zero attached hydrogens (tertiary/aromatic N) is 4. The predicted molar refractivity (Wildman–Crippen MR) is 120 cm³/mol. The molecule has 4 atom stereocenters. The summed E-state index contributed by atoms with van der Waals surface area (Å²) < 4.78 is 1.90. The third-order valence-corrected chi connectivity index (χ3v) is 8.38. The van der Waals surface area contributed by atoms with Crippen molar-refractivity contribution in [3.8, 4) is 5.75 Å². The highest BCUT2D eigenvalue weighted by atomic mass is 16.3. The van der Waals surface area contributed by atoms with Crippen molar-refractivity contribution in [3.05, 3.63) is 46.3 Å². The topological polar surface area (TPSA) is 62.8 Å². The maximum absolute atomic E-state index is 9.88. The highest BCUT2D eigenvalue weighted by molar-refractivity contribution is 5.93. The lowest BCUT2D eigenvalue weighted by Crippen LogP contribution is -2.42. The molecule has 0 bridgehead atoms. The van der Waals surface area contributed by atoms with Gasteiger partial charge in [0, 0.05) is 29.4 Å². The molecule has 2 saturated carbocycles. The molecule has 1 heterocycles. The number of hydrogen-bond donors (Lipinski definition) is 1. The Morgan fingerprint density at radius 1 is 1.20 bits per heavy atom. The smallest absolute Gasteiger partial charge is 0.115 e. The van der Waals surface area contributed by atoms with Gasteiger partial charge in [0.05, 0.1) is 11.9 Å². The summed E-state index contributed by atoms with van der Waals surface area (Å²) in [5.41, 5.74) is 7.51. The van der Waals surface area contributed by atoms with E-state index >= 15 is 0 Å². The van der Waals surface area contributed by atoms with Crippen LogP contribution in [-0.2, 0) is 13.5 Å². The highest BCUT2D eigenvalue weighted by Gasteiger charge is 2.53. The van der Waals surface area contributed by atoms with Crippen molar-refractivity contribution < 1.29 is 5.11 Å². The molecule has 0 unspecified atom stereocenters. The summed E-state index contributed by atoms with van der Waals surface area (Å²) in [6.45, 7) is 6.53. The van der Waals surface area contributed by atoms with Crippen LogP contribution >= 0.6 is 0 Å². The van der Waals surface area contributed by atoms with E-state index in [9.17, 15) is 5.11 Å². The maximum Gasteiger partial charge on any atom is 0.115 e. The Morgan fingerprint density at radius 2 is 2.03 bits per heavy atom. The van der Waals surface area contributed by atoms with Crippen LogP contribution in [0.5, 0.6) is 5.75 Å². The minimum Gasteiger partial charge on any atom is -0.508 e. The Hall–Kier alpha value is -2.43. The molecule has 0 spiro atoms. The Morgan fingerprint density at radius 3 is 2.80 bits per heavy atom. The van der Waals surface area contributed by atoms with Gasteiger partial charge >= 0.3 is 0 Å². The van der Waals surface area contributed by atoms with Crippen LogP contribution in [0.25, 0.3) is 0 Å². The molecular weight excluding hydrogens is 372 g/mol. The van der Waals surface area contributed by atoms with E-state index in [4.69, 9.17) is 5.10 Å². The molecular formula is C25H32N4O. The van der Waals surface area contributed by atoms with E-state index < -0.39 is 0 Å². The van der Waals surface area contributed by atoms with Crippen molar-refractivity contribution in [3.63, 3.8) is 0 Å². The first-order valence-corrected chi connectivity index (χ1v) is 11.3. The molecule has 0 saturated heterocycles. The molecule has 30 heavy (non-hydrogen) atoms. The fraction of sp³-hybridized carbons (Fsp3) is 0.560. The average molecular weight is 405 g/mol. The van der Waals surface area contributed by atoms with Crippen LogP contribution in [-0.4, -0.2) is 26.8 Å². The summed E-state index contributed by atoms with van der Waals surface area (Å²) in [5, 5.41) is 23.6. The molecule has 2 aromatic rings. The van der Waals surface area contributed by atoms with Gasteiger partial charge in [-0.15, -0.1) is 0 Å². The van der Waals surface area contributed by atoms with Gasteiger partial charge in [-0.1, -0.05) is 13.0 Å². The van der Waals surface area contributed by atoms with Crippen LogP contribution in [0.4, 0.5) is 0 Å². The van der Waals surface area contributed by atoms with Crippen LogP contribution in [0, 0.1) is 31.1 Å². The van der Waals surface area contributed by atoms with Gasteiger partial charge in [0.2, 0.25) is 0 Å². The third kappa shape index (κ3) is 2.93. The second-order valence-corrected chi connectivity index (χ2v) is 9.79. The molecule has 3 aliphatic rings. The van der Waals surface area contributed by atoms with Crippen molar-refractivity contribution in [2.75, 3.05) is 0 Å². The van der Waals surface area contributed by atoms with E-state index in [0.29, 0.717) is 17.6 Å². The second kappa shape index (κ2) is 7.07. The molecule has 2 fully saturated rings. The molecule has 5 nitrogen and oxygen atoms in total. The minimum atomic E-state index is 0.173. The van der Waals surface area contributed by atoms with Gasteiger partial charge in [0.25, 0.3) is 0 Å². The van der Waals surface area contributed by atoms with Gasteiger partial charge in [-0.2, -0.15) is 15.3 Å². The van der Waals surface area contributed by atoms with E-state index in [-0.39, 0.29) is 5.41 Å². The summed E-state index contributed by atoms with van der Waals surface area (Å²) in [6, 6.07) is 6.03. The summed E-state index contributed by atoms with van der Waals surface area (Å²) in [4.78, 5) is 0. The number of aromatic hydroxyl groups is 1. The van der Waals surface area contributed by atoms with Gasteiger partial charge < -0.3 is 5.11 Å². The number of aromatic nitrogens is 2. The first kappa shape index (κ1) is 19.5. The Bertz CT molecular complexity index is 1050. The standard InChI is InChI=1S/C25H32N4O/c1-15-22(16(2)29(4)28-15)14-26-27-24-10-9-23-21-7-5-17-13-18(30)6-8-19(17)20(21)11-12-25(23,24)3/h6,8,13-14,20-21,23,30H,5,7,9-12H2,1-4H3/b26-14-,27-24-/t20-,21-,23+,25-/m0/s1. The van der Waals surface area contributed by atoms with E-state index in [1.807, 2.05) is 37.0 Å². The number of fused-ring (bicyclic) bond motifs is 5. The van der Waals surface area contributed by atoms with Crippen LogP contribution < -0.4 is 0 Å². The summed E-state index contributed by atoms with van der Waals surface area (Å²) in [5.74, 6) is 2.45. The molecule has 5 rings (SSSR count). The number of phenolic OH excluding ortho intramolecular Hbond substituents is 1. The first-order valence-electron chi connectivity index (χ1n) is 11.3. The van der Waals surface area contributed by atoms with Crippen LogP contribution in [0.2, 0.25) is 0 Å². The Labute approximate surface area is 178 Å². The summed E-state index contributed by atoms with van der Waals surface area (Å²) >= 11 is 0. The number of aryl methyl sites for hydroxylation is 3. The van der Waals surface area contributed by atoms with Crippen molar-refractivity contribution >= 4 is 11.9 Å². The zero-order valence-corrected chi connectivity index (χ0v) is 18.5. The van der Waals surface area contributed by atoms with Crippen LogP contribution in [0.3, 0.4) is 0 Å². The van der Waals surface area contributed by atoms with Crippen molar-refractivity contribution in [1.29, 1.82) is 0 Å². The van der Waals surface area contributed by atoms with Crippen LogP contribution in [0.15, 0.2) is 28.4 Å². The monoisotopic (exact) mass is 404 g/mol. The molecule has 1 aromatic heterocycles. The summed E-state index contributed by atoms with van der Waals surface area (Å²) in [6.07, 6.45) is 8.88. The quantitative estimate of drug-likeness (QED) is 0.561. The normalized spacial score (nSPS) is 31.7. The van der Waals surface area contributed by atoms with E-state index in [2.05, 4.69) is 30.1 Å². The molecule has 3 aliphatic carbocycles. The fourth-order valence-corrected chi connectivity index (χ4v) is 6.65. The average Bonchev–Trinajstić information content (AvgIpc) is 3.18. The van der Waals surface area contributed by atoms with Crippen molar-refractivity contribution in [2.24, 2.45) is 34.5 Å². The number of rotatable bonds is 2. The summed E-state index contributed by atoms with van der Waals surface area (Å²) in [7, 11) is 1.97. The van der Waals surface area contributed by atoms with E-state index in [1.165, 1.54) is 42.5 Å². The Balaban J connectivity index is 1.39. The first-order chi connectivity index (χ1) is 14.4.